The molecule has 176 valence electrons. The minimum absolute atomic E-state index is 0.138. The van der Waals surface area contributed by atoms with Crippen molar-refractivity contribution in [2.45, 2.75) is 13.2 Å². The predicted molar refractivity (Wildman–Crippen MR) is 134 cm³/mol. The molecule has 0 saturated heterocycles. The maximum absolute atomic E-state index is 10.7. The number of carboxylic acid groups (broad SMARTS) is 1. The average Bonchev–Trinajstić information content (AvgIpc) is 3.33. The molecule has 0 atom stereocenters. The Morgan fingerprint density at radius 3 is 2.74 bits per heavy atom. The number of hydrazine groups is 1. The minimum Gasteiger partial charge on any atom is -0.489 e. The van der Waals surface area contributed by atoms with Crippen molar-refractivity contribution in [2.75, 3.05) is 5.75 Å². The number of aliphatic imine (C=N–C) groups is 3. The van der Waals surface area contributed by atoms with E-state index in [-0.39, 0.29) is 12.3 Å². The first-order valence-corrected chi connectivity index (χ1v) is 11.1. The van der Waals surface area contributed by atoms with E-state index in [1.807, 2.05) is 60.7 Å². The van der Waals surface area contributed by atoms with Gasteiger partial charge < -0.3 is 25.4 Å². The highest BCUT2D eigenvalue weighted by Gasteiger charge is 2.08. The predicted octanol–water partition coefficient (Wildman–Crippen LogP) is 3.31. The standard InChI is InChI=1S/C23H24N6O4S/c24-14-26-15-28-18-6-4-16(5-7-18)12-32-19-3-1-2-17(10-19)21-9-8-20(33-21)11-27-23(29-25)34-13-22(30)31/h1-10,14-15H,11-13,25H2,(H,27,29)(H,30,31)(H2,24,26,28). The number of nitrogens with zero attached hydrogens (tertiary/aromatic N) is 3. The SMILES string of the molecule is NC=NC=Nc1ccc(COc2cccc(-c3ccc(CN=C(NN)SCC(=O)O)o3)c2)cc1. The van der Waals surface area contributed by atoms with Gasteiger partial charge in [0.2, 0.25) is 0 Å². The fourth-order valence-electron chi connectivity index (χ4n) is 2.75. The molecule has 3 rings (SSSR count). The van der Waals surface area contributed by atoms with E-state index in [0.29, 0.717) is 29.0 Å². The van der Waals surface area contributed by atoms with Crippen LogP contribution in [0.1, 0.15) is 11.3 Å². The van der Waals surface area contributed by atoms with Gasteiger partial charge in [0, 0.05) is 5.56 Å². The second kappa shape index (κ2) is 12.8. The monoisotopic (exact) mass is 480 g/mol. The topological polar surface area (TPSA) is 161 Å². The van der Waals surface area contributed by atoms with Crippen LogP contribution in [0.4, 0.5) is 5.69 Å². The van der Waals surface area contributed by atoms with E-state index >= 15 is 0 Å². The lowest BCUT2D eigenvalue weighted by Gasteiger charge is -2.08. The van der Waals surface area contributed by atoms with Crippen LogP contribution in [-0.2, 0) is 17.9 Å². The van der Waals surface area contributed by atoms with E-state index < -0.39 is 5.97 Å². The number of aliphatic carboxylic acids is 1. The third-order valence-electron chi connectivity index (χ3n) is 4.32. The van der Waals surface area contributed by atoms with Crippen LogP contribution in [0.5, 0.6) is 5.75 Å². The molecule has 0 aliphatic rings. The maximum atomic E-state index is 10.7. The largest absolute Gasteiger partial charge is 0.489 e. The Hall–Kier alpha value is -4.09. The van der Waals surface area contributed by atoms with Crippen molar-refractivity contribution < 1.29 is 19.1 Å². The van der Waals surface area contributed by atoms with Gasteiger partial charge in [-0.2, -0.15) is 0 Å². The van der Waals surface area contributed by atoms with Crippen LogP contribution in [0.25, 0.3) is 11.3 Å². The van der Waals surface area contributed by atoms with E-state index in [0.717, 1.165) is 28.6 Å². The van der Waals surface area contributed by atoms with E-state index in [1.54, 1.807) is 0 Å². The average molecular weight is 481 g/mol. The summed E-state index contributed by atoms with van der Waals surface area (Å²) in [5, 5.41) is 9.08. The van der Waals surface area contributed by atoms with E-state index in [9.17, 15) is 4.79 Å². The van der Waals surface area contributed by atoms with Gasteiger partial charge in [0.1, 0.15) is 30.2 Å². The van der Waals surface area contributed by atoms with Gasteiger partial charge in [-0.3, -0.25) is 9.79 Å². The lowest BCUT2D eigenvalue weighted by molar-refractivity contribution is -0.133. The second-order valence-corrected chi connectivity index (χ2v) is 7.70. The van der Waals surface area contributed by atoms with Crippen LogP contribution in [0.15, 0.2) is 80.1 Å². The summed E-state index contributed by atoms with van der Waals surface area (Å²) in [6, 6.07) is 18.8. The molecule has 0 amide bonds. The maximum Gasteiger partial charge on any atom is 0.313 e. The number of hydrogen-bond donors (Lipinski definition) is 4. The molecule has 10 nitrogen and oxygen atoms in total. The van der Waals surface area contributed by atoms with Crippen LogP contribution in [0.3, 0.4) is 0 Å². The van der Waals surface area contributed by atoms with Gasteiger partial charge in [0.15, 0.2) is 5.17 Å². The fraction of sp³-hybridized carbons (Fsp3) is 0.130. The smallest absolute Gasteiger partial charge is 0.313 e. The fourth-order valence-corrected chi connectivity index (χ4v) is 3.25. The number of rotatable bonds is 10. The molecule has 0 radical (unpaired) electrons. The molecular formula is C23H24N6O4S. The summed E-state index contributed by atoms with van der Waals surface area (Å²) in [7, 11) is 0. The number of thioether (sulfide) groups is 1. The number of nitrogens with two attached hydrogens (primary N) is 2. The second-order valence-electron chi connectivity index (χ2n) is 6.74. The summed E-state index contributed by atoms with van der Waals surface area (Å²) in [5.41, 5.74) is 10.2. The Bertz CT molecular complexity index is 1170. The number of furan rings is 1. The first-order chi connectivity index (χ1) is 16.6. The van der Waals surface area contributed by atoms with Gasteiger partial charge in [0.25, 0.3) is 0 Å². The van der Waals surface area contributed by atoms with Gasteiger partial charge in [-0.05, 0) is 42.0 Å². The zero-order valence-electron chi connectivity index (χ0n) is 18.1. The molecule has 6 N–H and O–H groups in total. The summed E-state index contributed by atoms with van der Waals surface area (Å²) < 4.78 is 11.8. The van der Waals surface area contributed by atoms with Crippen LogP contribution < -0.4 is 21.7 Å². The number of amidine groups is 1. The summed E-state index contributed by atoms with van der Waals surface area (Å²) >= 11 is 1.00. The van der Waals surface area contributed by atoms with Crippen molar-refractivity contribution >= 4 is 41.3 Å². The number of hydrogen-bond acceptors (Lipinski definition) is 7. The van der Waals surface area contributed by atoms with E-state index in [1.165, 1.54) is 12.7 Å². The molecule has 2 aromatic carbocycles. The minimum atomic E-state index is -0.949. The van der Waals surface area contributed by atoms with Gasteiger partial charge in [-0.1, -0.05) is 36.0 Å². The Balaban J connectivity index is 1.59. The highest BCUT2D eigenvalue weighted by molar-refractivity contribution is 8.14. The number of carboxylic acids is 1. The molecule has 0 aliphatic carbocycles. The number of nitrogens with one attached hydrogen (secondary N) is 1. The molecule has 34 heavy (non-hydrogen) atoms. The highest BCUT2D eigenvalue weighted by atomic mass is 32.2. The van der Waals surface area contributed by atoms with Crippen molar-refractivity contribution in [2.24, 2.45) is 26.6 Å². The molecule has 3 aromatic rings. The first-order valence-electron chi connectivity index (χ1n) is 10.1. The third-order valence-corrected chi connectivity index (χ3v) is 5.23. The van der Waals surface area contributed by atoms with Crippen LogP contribution in [0.2, 0.25) is 0 Å². The van der Waals surface area contributed by atoms with Gasteiger partial charge >= 0.3 is 5.97 Å². The Labute approximate surface area is 200 Å². The summed E-state index contributed by atoms with van der Waals surface area (Å²) in [4.78, 5) is 22.8. The lowest BCUT2D eigenvalue weighted by Crippen LogP contribution is -2.28. The van der Waals surface area contributed by atoms with Gasteiger partial charge in [-0.15, -0.1) is 0 Å². The molecule has 0 fully saturated rings. The summed E-state index contributed by atoms with van der Waals surface area (Å²) in [6.07, 6.45) is 2.56. The molecule has 11 heteroatoms. The molecule has 0 spiro atoms. The van der Waals surface area contributed by atoms with Gasteiger partial charge in [-0.25, -0.2) is 15.8 Å². The third kappa shape index (κ3) is 7.80. The first kappa shape index (κ1) is 24.6. The van der Waals surface area contributed by atoms with Crippen molar-refractivity contribution in [1.82, 2.24) is 5.43 Å². The molecule has 0 aliphatic heterocycles. The van der Waals surface area contributed by atoms with Crippen molar-refractivity contribution in [3.63, 3.8) is 0 Å². The lowest BCUT2D eigenvalue weighted by atomic mass is 10.1. The molecule has 1 aromatic heterocycles. The molecular weight excluding hydrogens is 456 g/mol. The number of ether oxygens (including phenoxy) is 1. The molecule has 0 unspecified atom stereocenters. The van der Waals surface area contributed by atoms with Crippen LogP contribution in [-0.4, -0.2) is 34.7 Å². The Morgan fingerprint density at radius 1 is 1.18 bits per heavy atom. The summed E-state index contributed by atoms with van der Waals surface area (Å²) in [6.45, 7) is 0.621. The van der Waals surface area contributed by atoms with E-state index in [2.05, 4.69) is 20.4 Å². The van der Waals surface area contributed by atoms with Crippen molar-refractivity contribution in [1.29, 1.82) is 0 Å². The van der Waals surface area contributed by atoms with E-state index in [4.69, 9.17) is 25.8 Å². The summed E-state index contributed by atoms with van der Waals surface area (Å²) in [5.74, 6) is 6.28. The number of carbonyl (C=O) groups is 1. The van der Waals surface area contributed by atoms with Gasteiger partial charge in [0.05, 0.1) is 24.3 Å². The normalized spacial score (nSPS) is 11.9. The Morgan fingerprint density at radius 2 is 2.00 bits per heavy atom. The molecule has 0 bridgehead atoms. The zero-order valence-corrected chi connectivity index (χ0v) is 18.9. The zero-order chi connectivity index (χ0) is 24.2. The molecule has 0 saturated carbocycles. The highest BCUT2D eigenvalue weighted by Crippen LogP contribution is 2.27. The Kier molecular flexibility index (Phi) is 9.26. The van der Waals surface area contributed by atoms with Crippen LogP contribution in [0, 0.1) is 0 Å². The van der Waals surface area contributed by atoms with Crippen molar-refractivity contribution in [3.05, 3.63) is 72.0 Å². The quantitative estimate of drug-likeness (QED) is 0.149. The molecule has 1 heterocycles. The van der Waals surface area contributed by atoms with Crippen LogP contribution >= 0.6 is 11.8 Å². The number of benzene rings is 2. The van der Waals surface area contributed by atoms with Crippen molar-refractivity contribution in [3.8, 4) is 17.1 Å².